The number of nitrogens with zero attached hydrogens (tertiary/aromatic N) is 3. The van der Waals surface area contributed by atoms with Crippen LogP contribution in [-0.4, -0.2) is 46.9 Å². The fraction of sp³-hybridized carbons (Fsp3) is 0.294. The van der Waals surface area contributed by atoms with Gasteiger partial charge in [-0.3, -0.25) is 4.79 Å². The summed E-state index contributed by atoms with van der Waals surface area (Å²) in [6.07, 6.45) is 3.38. The number of likely N-dealkylation sites (tertiary alicyclic amines) is 1. The van der Waals surface area contributed by atoms with Crippen LogP contribution >= 0.6 is 0 Å². The monoisotopic (exact) mass is 326 g/mol. The lowest BCUT2D eigenvalue weighted by molar-refractivity contribution is 0.0601. The Hall–Kier alpha value is -2.96. The second-order valence-corrected chi connectivity index (χ2v) is 5.45. The molecule has 7 heteroatoms. The van der Waals surface area contributed by atoms with Gasteiger partial charge in [-0.2, -0.15) is 0 Å². The van der Waals surface area contributed by atoms with Gasteiger partial charge in [0.05, 0.1) is 18.4 Å². The number of methoxy groups -OCH3 is 1. The van der Waals surface area contributed by atoms with Gasteiger partial charge < -0.3 is 15.0 Å². The molecule has 2 heterocycles. The van der Waals surface area contributed by atoms with Crippen LogP contribution in [0.2, 0.25) is 0 Å². The van der Waals surface area contributed by atoms with Crippen molar-refractivity contribution in [1.29, 1.82) is 0 Å². The first-order chi connectivity index (χ1) is 11.7. The van der Waals surface area contributed by atoms with Gasteiger partial charge in [-0.05, 0) is 25.0 Å². The second-order valence-electron chi connectivity index (χ2n) is 5.45. The molecule has 1 amide bonds. The number of hydrogen-bond donors (Lipinski definition) is 1. The van der Waals surface area contributed by atoms with E-state index in [0.29, 0.717) is 22.8 Å². The summed E-state index contributed by atoms with van der Waals surface area (Å²) in [5.41, 5.74) is 1.29. The van der Waals surface area contributed by atoms with Crippen molar-refractivity contribution in [2.75, 3.05) is 25.5 Å². The first kappa shape index (κ1) is 15.9. The van der Waals surface area contributed by atoms with Crippen molar-refractivity contribution < 1.29 is 14.3 Å². The SMILES string of the molecule is COC(=O)c1ccccc1Nc1cc(C(=O)N2CCCC2)ncn1. The van der Waals surface area contributed by atoms with Gasteiger partial charge in [0, 0.05) is 19.2 Å². The Morgan fingerprint density at radius 1 is 1.17 bits per heavy atom. The van der Waals surface area contributed by atoms with E-state index < -0.39 is 5.97 Å². The van der Waals surface area contributed by atoms with Crippen LogP contribution in [0.4, 0.5) is 11.5 Å². The van der Waals surface area contributed by atoms with E-state index in [4.69, 9.17) is 4.74 Å². The smallest absolute Gasteiger partial charge is 0.339 e. The molecule has 0 atom stereocenters. The van der Waals surface area contributed by atoms with Gasteiger partial charge in [-0.1, -0.05) is 12.1 Å². The van der Waals surface area contributed by atoms with Crippen molar-refractivity contribution in [1.82, 2.24) is 14.9 Å². The predicted octanol–water partition coefficient (Wildman–Crippen LogP) is 2.24. The number of aromatic nitrogens is 2. The molecule has 1 aromatic carbocycles. The van der Waals surface area contributed by atoms with E-state index in [1.807, 2.05) is 0 Å². The van der Waals surface area contributed by atoms with Crippen LogP contribution in [0.5, 0.6) is 0 Å². The first-order valence-electron chi connectivity index (χ1n) is 7.74. The maximum Gasteiger partial charge on any atom is 0.339 e. The van der Waals surface area contributed by atoms with Gasteiger partial charge in [-0.25, -0.2) is 14.8 Å². The predicted molar refractivity (Wildman–Crippen MR) is 88.2 cm³/mol. The van der Waals surface area contributed by atoms with Crippen molar-refractivity contribution in [2.45, 2.75) is 12.8 Å². The molecular formula is C17H18N4O3. The number of carbonyl (C=O) groups excluding carboxylic acids is 2. The molecule has 1 N–H and O–H groups in total. The van der Waals surface area contributed by atoms with Crippen molar-refractivity contribution in [3.8, 4) is 0 Å². The van der Waals surface area contributed by atoms with E-state index in [2.05, 4.69) is 15.3 Å². The van der Waals surface area contributed by atoms with E-state index in [1.54, 1.807) is 35.2 Å². The number of anilines is 2. The third-order valence-electron chi connectivity index (χ3n) is 3.87. The molecule has 0 radical (unpaired) electrons. The Kier molecular flexibility index (Phi) is 4.69. The Morgan fingerprint density at radius 2 is 1.92 bits per heavy atom. The van der Waals surface area contributed by atoms with Crippen LogP contribution < -0.4 is 5.32 Å². The number of nitrogens with one attached hydrogen (secondary N) is 1. The lowest BCUT2D eigenvalue weighted by atomic mass is 10.2. The maximum atomic E-state index is 12.4. The molecule has 124 valence electrons. The van der Waals surface area contributed by atoms with Gasteiger partial charge in [0.2, 0.25) is 0 Å². The molecule has 0 bridgehead atoms. The highest BCUT2D eigenvalue weighted by Crippen LogP contribution is 2.21. The van der Waals surface area contributed by atoms with Gasteiger partial charge in [-0.15, -0.1) is 0 Å². The molecule has 1 aliphatic heterocycles. The van der Waals surface area contributed by atoms with Crippen LogP contribution in [-0.2, 0) is 4.74 Å². The molecule has 3 rings (SSSR count). The fourth-order valence-corrected chi connectivity index (χ4v) is 2.64. The average Bonchev–Trinajstić information content (AvgIpc) is 3.16. The molecular weight excluding hydrogens is 308 g/mol. The van der Waals surface area contributed by atoms with E-state index in [9.17, 15) is 9.59 Å². The van der Waals surface area contributed by atoms with E-state index in [-0.39, 0.29) is 5.91 Å². The third kappa shape index (κ3) is 3.34. The molecule has 0 aliphatic carbocycles. The first-order valence-corrected chi connectivity index (χ1v) is 7.74. The van der Waals surface area contributed by atoms with Crippen LogP contribution in [0.25, 0.3) is 0 Å². The summed E-state index contributed by atoms with van der Waals surface area (Å²) >= 11 is 0. The number of para-hydroxylation sites is 1. The minimum absolute atomic E-state index is 0.0980. The largest absolute Gasteiger partial charge is 0.465 e. The highest BCUT2D eigenvalue weighted by Gasteiger charge is 2.21. The number of benzene rings is 1. The lowest BCUT2D eigenvalue weighted by Gasteiger charge is -2.15. The molecule has 1 aliphatic rings. The summed E-state index contributed by atoms with van der Waals surface area (Å²) < 4.78 is 4.77. The Morgan fingerprint density at radius 3 is 2.67 bits per heavy atom. The molecule has 1 aromatic heterocycles. The quantitative estimate of drug-likeness (QED) is 0.868. The van der Waals surface area contributed by atoms with Gasteiger partial charge in [0.25, 0.3) is 5.91 Å². The highest BCUT2D eigenvalue weighted by atomic mass is 16.5. The standard InChI is InChI=1S/C17H18N4O3/c1-24-17(23)12-6-2-3-7-13(12)20-15-10-14(18-11-19-15)16(22)21-8-4-5-9-21/h2-3,6-7,10-11H,4-5,8-9H2,1H3,(H,18,19,20). The van der Waals surface area contributed by atoms with Crippen LogP contribution in [0.15, 0.2) is 36.7 Å². The number of carbonyl (C=O) groups is 2. The molecule has 0 saturated carbocycles. The summed E-state index contributed by atoms with van der Waals surface area (Å²) in [6.45, 7) is 1.52. The molecule has 1 saturated heterocycles. The molecule has 7 nitrogen and oxygen atoms in total. The lowest BCUT2D eigenvalue weighted by Crippen LogP contribution is -2.28. The number of hydrogen-bond acceptors (Lipinski definition) is 6. The number of rotatable bonds is 4. The summed E-state index contributed by atoms with van der Waals surface area (Å²) in [4.78, 5) is 34.2. The zero-order chi connectivity index (χ0) is 16.9. The van der Waals surface area contributed by atoms with Gasteiger partial charge >= 0.3 is 5.97 Å². The van der Waals surface area contributed by atoms with E-state index in [0.717, 1.165) is 25.9 Å². The number of ether oxygens (including phenoxy) is 1. The summed E-state index contributed by atoms with van der Waals surface area (Å²) in [7, 11) is 1.33. The van der Waals surface area contributed by atoms with Crippen LogP contribution in [0.3, 0.4) is 0 Å². The number of amides is 1. The molecule has 0 unspecified atom stereocenters. The minimum Gasteiger partial charge on any atom is -0.465 e. The summed E-state index contributed by atoms with van der Waals surface area (Å²) in [5.74, 6) is -0.0939. The topological polar surface area (TPSA) is 84.4 Å². The average molecular weight is 326 g/mol. The minimum atomic E-state index is -0.444. The second kappa shape index (κ2) is 7.08. The van der Waals surface area contributed by atoms with Gasteiger partial charge in [0.15, 0.2) is 0 Å². The molecule has 1 fully saturated rings. The van der Waals surface area contributed by atoms with Crippen LogP contribution in [0, 0.1) is 0 Å². The molecule has 24 heavy (non-hydrogen) atoms. The fourth-order valence-electron chi connectivity index (χ4n) is 2.64. The normalized spacial score (nSPS) is 13.6. The molecule has 2 aromatic rings. The highest BCUT2D eigenvalue weighted by molar-refractivity contribution is 5.97. The van der Waals surface area contributed by atoms with E-state index >= 15 is 0 Å². The van der Waals surface area contributed by atoms with Crippen molar-refractivity contribution in [3.63, 3.8) is 0 Å². The van der Waals surface area contributed by atoms with Crippen LogP contribution in [0.1, 0.15) is 33.7 Å². The van der Waals surface area contributed by atoms with Gasteiger partial charge in [0.1, 0.15) is 17.8 Å². The van der Waals surface area contributed by atoms with E-state index in [1.165, 1.54) is 13.4 Å². The zero-order valence-corrected chi connectivity index (χ0v) is 13.4. The number of esters is 1. The third-order valence-corrected chi connectivity index (χ3v) is 3.87. The zero-order valence-electron chi connectivity index (χ0n) is 13.4. The van der Waals surface area contributed by atoms with Crippen molar-refractivity contribution >= 4 is 23.4 Å². The Balaban J connectivity index is 1.83. The molecule has 0 spiro atoms. The Labute approximate surface area is 139 Å². The maximum absolute atomic E-state index is 12.4. The van der Waals surface area contributed by atoms with Crippen molar-refractivity contribution in [3.05, 3.63) is 47.9 Å². The summed E-state index contributed by atoms with van der Waals surface area (Å²) in [6, 6.07) is 8.54. The van der Waals surface area contributed by atoms with Crippen molar-refractivity contribution in [2.24, 2.45) is 0 Å². The summed E-state index contributed by atoms with van der Waals surface area (Å²) in [5, 5.41) is 3.05. The Bertz CT molecular complexity index is 757.